The molecule has 0 unspecified atom stereocenters. The molecule has 2 fully saturated rings. The Morgan fingerprint density at radius 3 is 2.73 bits per heavy atom. The monoisotopic (exact) mass is 452 g/mol. The van der Waals surface area contributed by atoms with Crippen LogP contribution in [0.15, 0.2) is 30.6 Å². The van der Waals surface area contributed by atoms with E-state index in [1.54, 1.807) is 17.6 Å². The zero-order valence-corrected chi connectivity index (χ0v) is 18.4. The zero-order valence-electron chi connectivity index (χ0n) is 18.4. The molecule has 0 aromatic carbocycles. The van der Waals surface area contributed by atoms with Gasteiger partial charge in [-0.25, -0.2) is 28.2 Å². The minimum absolute atomic E-state index is 0.395. The molecule has 10 heteroatoms. The molecule has 1 aliphatic carbocycles. The number of aryl methyl sites for hydroxylation is 1. The molecule has 8 nitrogen and oxygen atoms in total. The van der Waals surface area contributed by atoms with Crippen molar-refractivity contribution in [2.45, 2.75) is 51.6 Å². The van der Waals surface area contributed by atoms with Crippen LogP contribution >= 0.6 is 0 Å². The first-order chi connectivity index (χ1) is 16.0. The van der Waals surface area contributed by atoms with Gasteiger partial charge in [-0.15, -0.1) is 5.10 Å². The fraction of sp³-hybridized carbons (Fsp3) is 0.478. The number of rotatable bonds is 5. The normalized spacial score (nSPS) is 18.4. The Hall–Kier alpha value is -3.14. The Labute approximate surface area is 189 Å². The minimum atomic E-state index is -2.47. The molecule has 1 aliphatic heterocycles. The predicted octanol–water partition coefficient (Wildman–Crippen LogP) is 3.66. The predicted molar refractivity (Wildman–Crippen MR) is 121 cm³/mol. The van der Waals surface area contributed by atoms with Gasteiger partial charge in [0.15, 0.2) is 5.65 Å². The molecular weight excluding hydrogens is 426 g/mol. The smallest absolute Gasteiger partial charge is 0.256 e. The number of nitrogens with zero attached hydrogens (tertiary/aromatic N) is 6. The standard InChI is InChI=1S/C23H26F2N8/c1-14-28-18-3-2-17(30-21(18)32(14)11-20(24)25)16-6-9-33-19(16)10-27-22(31-33)29-15-4-7-23(8-5-15)12-26-13-23/h2-3,6,9-10,15,20,26H,4-5,7-8,11-13H2,1H3,(H,29,31). The van der Waals surface area contributed by atoms with E-state index in [1.807, 2.05) is 24.4 Å². The Morgan fingerprint density at radius 2 is 2.00 bits per heavy atom. The summed E-state index contributed by atoms with van der Waals surface area (Å²) in [7, 11) is 0. The van der Waals surface area contributed by atoms with Crippen molar-refractivity contribution in [2.75, 3.05) is 18.4 Å². The van der Waals surface area contributed by atoms with Crippen LogP contribution in [0.5, 0.6) is 0 Å². The fourth-order valence-electron chi connectivity index (χ4n) is 5.19. The summed E-state index contributed by atoms with van der Waals surface area (Å²) in [6.07, 6.45) is 5.94. The van der Waals surface area contributed by atoms with Gasteiger partial charge in [0, 0.05) is 30.9 Å². The second-order valence-corrected chi connectivity index (χ2v) is 9.36. The molecule has 33 heavy (non-hydrogen) atoms. The van der Waals surface area contributed by atoms with E-state index in [9.17, 15) is 8.78 Å². The molecule has 1 spiro atoms. The van der Waals surface area contributed by atoms with Crippen LogP contribution in [0, 0.1) is 12.3 Å². The van der Waals surface area contributed by atoms with E-state index in [0.717, 1.165) is 37.0 Å². The van der Waals surface area contributed by atoms with Gasteiger partial charge in [-0.1, -0.05) is 0 Å². The number of anilines is 1. The average Bonchev–Trinajstić information content (AvgIpc) is 3.33. The maximum absolute atomic E-state index is 13.0. The number of pyridine rings is 1. The van der Waals surface area contributed by atoms with Crippen molar-refractivity contribution >= 4 is 22.6 Å². The van der Waals surface area contributed by atoms with Crippen LogP contribution in [-0.2, 0) is 6.54 Å². The van der Waals surface area contributed by atoms with Crippen LogP contribution in [0.2, 0.25) is 0 Å². The molecule has 2 aliphatic rings. The Kier molecular flexibility index (Phi) is 4.79. The minimum Gasteiger partial charge on any atom is -0.350 e. The molecule has 1 saturated heterocycles. The van der Waals surface area contributed by atoms with Gasteiger partial charge in [-0.05, 0) is 56.2 Å². The number of imidazole rings is 1. The number of halogens is 2. The lowest BCUT2D eigenvalue weighted by Gasteiger charge is -2.47. The van der Waals surface area contributed by atoms with Crippen LogP contribution in [0.1, 0.15) is 31.5 Å². The molecule has 4 aromatic rings. The highest BCUT2D eigenvalue weighted by molar-refractivity contribution is 5.82. The van der Waals surface area contributed by atoms with E-state index in [4.69, 9.17) is 0 Å². The first kappa shape index (κ1) is 20.5. The number of hydrogen-bond acceptors (Lipinski definition) is 6. The van der Waals surface area contributed by atoms with Gasteiger partial charge < -0.3 is 15.2 Å². The van der Waals surface area contributed by atoms with Crippen LogP contribution in [0.3, 0.4) is 0 Å². The summed E-state index contributed by atoms with van der Waals surface area (Å²) < 4.78 is 29.4. The molecule has 0 amide bonds. The SMILES string of the molecule is Cc1nc2ccc(-c3ccn4nc(NC5CCC6(CC5)CNC6)ncc34)nc2n1CC(F)F. The van der Waals surface area contributed by atoms with E-state index in [0.29, 0.717) is 40.1 Å². The summed E-state index contributed by atoms with van der Waals surface area (Å²) in [6.45, 7) is 3.59. The summed E-state index contributed by atoms with van der Waals surface area (Å²) in [5.41, 5.74) is 3.93. The highest BCUT2D eigenvalue weighted by Gasteiger charge is 2.40. The van der Waals surface area contributed by atoms with Crippen molar-refractivity contribution in [1.82, 2.24) is 34.4 Å². The van der Waals surface area contributed by atoms with Gasteiger partial charge in [0.1, 0.15) is 11.3 Å². The molecule has 2 N–H and O–H groups in total. The first-order valence-corrected chi connectivity index (χ1v) is 11.4. The van der Waals surface area contributed by atoms with Crippen molar-refractivity contribution in [2.24, 2.45) is 5.41 Å². The lowest BCUT2D eigenvalue weighted by molar-refractivity contribution is 0.101. The Morgan fingerprint density at radius 1 is 1.18 bits per heavy atom. The molecule has 1 saturated carbocycles. The van der Waals surface area contributed by atoms with Crippen molar-refractivity contribution < 1.29 is 8.78 Å². The molecule has 0 radical (unpaired) electrons. The zero-order chi connectivity index (χ0) is 22.6. The molecular formula is C23H26F2N8. The fourth-order valence-corrected chi connectivity index (χ4v) is 5.19. The third-order valence-corrected chi connectivity index (χ3v) is 7.18. The number of nitrogens with one attached hydrogen (secondary N) is 2. The van der Waals surface area contributed by atoms with E-state index < -0.39 is 13.0 Å². The van der Waals surface area contributed by atoms with Crippen molar-refractivity contribution in [1.29, 1.82) is 0 Å². The molecule has 0 atom stereocenters. The second kappa shape index (κ2) is 7.72. The largest absolute Gasteiger partial charge is 0.350 e. The lowest BCUT2D eigenvalue weighted by atomic mass is 9.68. The molecule has 4 aromatic heterocycles. The summed E-state index contributed by atoms with van der Waals surface area (Å²) in [5, 5.41) is 11.5. The molecule has 5 heterocycles. The molecule has 172 valence electrons. The number of alkyl halides is 2. The first-order valence-electron chi connectivity index (χ1n) is 11.4. The van der Waals surface area contributed by atoms with Crippen LogP contribution in [0.4, 0.5) is 14.7 Å². The van der Waals surface area contributed by atoms with Gasteiger partial charge in [0.05, 0.1) is 24.0 Å². The maximum atomic E-state index is 13.0. The number of fused-ring (bicyclic) bond motifs is 2. The summed E-state index contributed by atoms with van der Waals surface area (Å²) in [6, 6.07) is 6.00. The van der Waals surface area contributed by atoms with Crippen molar-refractivity contribution in [3.8, 4) is 11.3 Å². The van der Waals surface area contributed by atoms with Crippen LogP contribution in [-0.4, -0.2) is 54.7 Å². The Bertz CT molecular complexity index is 1310. The van der Waals surface area contributed by atoms with Gasteiger partial charge >= 0.3 is 0 Å². The summed E-state index contributed by atoms with van der Waals surface area (Å²) in [4.78, 5) is 13.6. The second-order valence-electron chi connectivity index (χ2n) is 9.36. The number of aromatic nitrogens is 6. The average molecular weight is 453 g/mol. The highest BCUT2D eigenvalue weighted by Crippen LogP contribution is 2.40. The van der Waals surface area contributed by atoms with Crippen molar-refractivity contribution in [3.63, 3.8) is 0 Å². The topological polar surface area (TPSA) is 85.0 Å². The van der Waals surface area contributed by atoms with Crippen LogP contribution < -0.4 is 10.6 Å². The van der Waals surface area contributed by atoms with E-state index in [-0.39, 0.29) is 0 Å². The highest BCUT2D eigenvalue weighted by atomic mass is 19.3. The summed E-state index contributed by atoms with van der Waals surface area (Å²) in [5.74, 6) is 1.14. The van der Waals surface area contributed by atoms with E-state index in [1.165, 1.54) is 17.4 Å². The molecule has 6 rings (SSSR count). The van der Waals surface area contributed by atoms with Gasteiger partial charge in [0.2, 0.25) is 5.95 Å². The maximum Gasteiger partial charge on any atom is 0.256 e. The number of hydrogen-bond donors (Lipinski definition) is 2. The van der Waals surface area contributed by atoms with Gasteiger partial charge in [0.25, 0.3) is 6.43 Å². The third-order valence-electron chi connectivity index (χ3n) is 7.18. The lowest BCUT2D eigenvalue weighted by Crippen LogP contribution is -2.55. The Balaban J connectivity index is 1.26. The van der Waals surface area contributed by atoms with E-state index >= 15 is 0 Å². The molecule has 0 bridgehead atoms. The van der Waals surface area contributed by atoms with Gasteiger partial charge in [-0.2, -0.15) is 0 Å². The quantitative estimate of drug-likeness (QED) is 0.481. The summed E-state index contributed by atoms with van der Waals surface area (Å²) >= 11 is 0. The van der Waals surface area contributed by atoms with E-state index in [2.05, 4.69) is 30.7 Å². The third kappa shape index (κ3) is 3.62. The van der Waals surface area contributed by atoms with Crippen molar-refractivity contribution in [3.05, 3.63) is 36.4 Å². The van der Waals surface area contributed by atoms with Gasteiger partial charge in [-0.3, -0.25) is 0 Å². The van der Waals surface area contributed by atoms with Crippen LogP contribution in [0.25, 0.3) is 27.9 Å².